The molecule has 1 aliphatic rings. The van der Waals surface area contributed by atoms with Gasteiger partial charge in [-0.25, -0.2) is 13.7 Å². The van der Waals surface area contributed by atoms with Crippen molar-refractivity contribution in [1.82, 2.24) is 0 Å². The van der Waals surface area contributed by atoms with Crippen molar-refractivity contribution < 1.29 is 71.9 Å². The maximum atomic E-state index is 10.9. The average molecular weight is 420 g/mol. The summed E-state index contributed by atoms with van der Waals surface area (Å²) >= 11 is 0. The number of aliphatic hydroxyl groups excluding tert-OH is 3. The first kappa shape index (κ1) is 22.3. The summed E-state index contributed by atoms with van der Waals surface area (Å²) in [6, 6.07) is 0. The van der Waals surface area contributed by atoms with Crippen LogP contribution in [-0.4, -0.2) is 81.3 Å². The van der Waals surface area contributed by atoms with E-state index in [1.54, 1.807) is 0 Å². The fraction of sp³-hybridized carbons (Fsp3) is 1.00. The van der Waals surface area contributed by atoms with Crippen LogP contribution in [0.3, 0.4) is 0 Å². The van der Waals surface area contributed by atoms with Gasteiger partial charge in [0.25, 0.3) is 0 Å². The highest BCUT2D eigenvalue weighted by molar-refractivity contribution is 7.46. The van der Waals surface area contributed by atoms with E-state index in [0.717, 1.165) is 0 Å². The fourth-order valence-corrected chi connectivity index (χ4v) is 3.70. The van der Waals surface area contributed by atoms with Crippen LogP contribution in [0.1, 0.15) is 0 Å². The van der Waals surface area contributed by atoms with E-state index < -0.39 is 60.1 Å². The predicted octanol–water partition coefficient (Wildman–Crippen LogP) is -3.48. The van der Waals surface area contributed by atoms with Gasteiger partial charge in [0.05, 0.1) is 0 Å². The van der Waals surface area contributed by atoms with Gasteiger partial charge in [0.1, 0.15) is 36.6 Å². The van der Waals surface area contributed by atoms with E-state index >= 15 is 0 Å². The number of phosphoric acid groups is 3. The second-order valence-corrected chi connectivity index (χ2v) is 8.23. The largest absolute Gasteiger partial charge is 0.470 e. The van der Waals surface area contributed by atoms with Crippen LogP contribution in [-0.2, 0) is 27.3 Å². The first-order chi connectivity index (χ1) is 10.5. The second kappa shape index (κ2) is 7.45. The lowest BCUT2D eigenvalue weighted by atomic mass is 9.85. The third-order valence-corrected chi connectivity index (χ3v) is 4.35. The van der Waals surface area contributed by atoms with Crippen LogP contribution in [0.5, 0.6) is 0 Å². The number of aliphatic hydroxyl groups is 3. The Morgan fingerprint density at radius 1 is 0.500 bits per heavy atom. The molecule has 1 fully saturated rings. The Morgan fingerprint density at radius 3 is 1.08 bits per heavy atom. The van der Waals surface area contributed by atoms with Crippen molar-refractivity contribution in [2.24, 2.45) is 0 Å². The van der Waals surface area contributed by atoms with Gasteiger partial charge in [0, 0.05) is 0 Å². The van der Waals surface area contributed by atoms with Gasteiger partial charge >= 0.3 is 23.5 Å². The van der Waals surface area contributed by atoms with E-state index in [1.165, 1.54) is 0 Å². The summed E-state index contributed by atoms with van der Waals surface area (Å²) in [6.45, 7) is 0. The molecule has 0 aliphatic heterocycles. The molecule has 0 aromatic heterocycles. The molecule has 0 unspecified atom stereocenters. The smallest absolute Gasteiger partial charge is 0.387 e. The average Bonchev–Trinajstić information content (AvgIpc) is 2.32. The van der Waals surface area contributed by atoms with Gasteiger partial charge < -0.3 is 44.7 Å². The van der Waals surface area contributed by atoms with Crippen molar-refractivity contribution in [3.05, 3.63) is 0 Å². The molecular formula is C6H15O15P3. The zero-order chi connectivity index (χ0) is 19.1. The Labute approximate surface area is 133 Å². The SMILES string of the molecule is O=P(O)(O)O[C@@H]1[C@H](O)[C@@H](O)[C@H](OP(=O)(O)O)[C@@H](OP(=O)(O)O)[C@H]1O. The molecule has 1 rings (SSSR count). The summed E-state index contributed by atoms with van der Waals surface area (Å²) in [5.74, 6) is 0. The van der Waals surface area contributed by atoms with Crippen LogP contribution in [0.15, 0.2) is 0 Å². The standard InChI is InChI=1S/C6H15O15P3/c7-1-2(8)5(20-23(13,14)15)6(21-24(16,17)18)3(9)4(1)19-22(10,11)12/h1-9H,(H2,10,11,12)(H2,13,14,15)(H2,16,17,18)/t1-,2-,3+,4-,5+,6+/m1/s1. The molecule has 0 saturated heterocycles. The summed E-state index contributed by atoms with van der Waals surface area (Å²) in [6.07, 6.45) is -14.3. The highest BCUT2D eigenvalue weighted by Crippen LogP contribution is 2.49. The molecule has 0 aromatic carbocycles. The quantitative estimate of drug-likeness (QED) is 0.189. The molecule has 0 aromatic rings. The molecule has 18 heteroatoms. The Balaban J connectivity index is 3.23. The van der Waals surface area contributed by atoms with Crippen LogP contribution in [0.4, 0.5) is 0 Å². The Bertz CT molecular complexity index is 574. The van der Waals surface area contributed by atoms with Crippen LogP contribution in [0.25, 0.3) is 0 Å². The van der Waals surface area contributed by atoms with Gasteiger partial charge in [0.2, 0.25) is 0 Å². The van der Waals surface area contributed by atoms with E-state index in [1.807, 2.05) is 0 Å². The number of rotatable bonds is 6. The van der Waals surface area contributed by atoms with Crippen molar-refractivity contribution >= 4 is 23.5 Å². The number of phosphoric ester groups is 3. The van der Waals surface area contributed by atoms with E-state index in [-0.39, 0.29) is 0 Å². The van der Waals surface area contributed by atoms with Crippen LogP contribution in [0, 0.1) is 0 Å². The minimum atomic E-state index is -5.43. The highest BCUT2D eigenvalue weighted by atomic mass is 31.2. The van der Waals surface area contributed by atoms with E-state index in [0.29, 0.717) is 0 Å². The molecule has 15 nitrogen and oxygen atoms in total. The minimum absolute atomic E-state index is 2.32. The molecule has 6 atom stereocenters. The maximum Gasteiger partial charge on any atom is 0.470 e. The number of hydrogen-bond donors (Lipinski definition) is 9. The highest BCUT2D eigenvalue weighted by Gasteiger charge is 2.56. The molecule has 0 radical (unpaired) electrons. The van der Waals surface area contributed by atoms with Crippen molar-refractivity contribution in [2.45, 2.75) is 36.6 Å². The summed E-state index contributed by atoms with van der Waals surface area (Å²) in [4.78, 5) is 52.4. The summed E-state index contributed by atoms with van der Waals surface area (Å²) in [7, 11) is -16.2. The molecule has 0 heterocycles. The van der Waals surface area contributed by atoms with E-state index in [4.69, 9.17) is 29.4 Å². The lowest BCUT2D eigenvalue weighted by molar-refractivity contribution is -0.212. The van der Waals surface area contributed by atoms with Gasteiger partial charge in [0.15, 0.2) is 0 Å². The summed E-state index contributed by atoms with van der Waals surface area (Å²) < 4.78 is 44.7. The Morgan fingerprint density at radius 2 is 0.750 bits per heavy atom. The van der Waals surface area contributed by atoms with Gasteiger partial charge in [-0.05, 0) is 0 Å². The van der Waals surface area contributed by atoms with Crippen molar-refractivity contribution in [3.63, 3.8) is 0 Å². The molecule has 1 saturated carbocycles. The third-order valence-electron chi connectivity index (χ3n) is 2.80. The minimum Gasteiger partial charge on any atom is -0.387 e. The third kappa shape index (κ3) is 6.50. The van der Waals surface area contributed by atoms with Crippen LogP contribution < -0.4 is 0 Å². The predicted molar refractivity (Wildman–Crippen MR) is 68.8 cm³/mol. The molecule has 9 N–H and O–H groups in total. The van der Waals surface area contributed by atoms with Gasteiger partial charge in [-0.3, -0.25) is 13.6 Å². The molecule has 0 bridgehead atoms. The van der Waals surface area contributed by atoms with Crippen LogP contribution in [0.2, 0.25) is 0 Å². The second-order valence-electron chi connectivity index (χ2n) is 4.65. The van der Waals surface area contributed by atoms with Gasteiger partial charge in [-0.2, -0.15) is 0 Å². The Hall–Kier alpha value is 0.210. The fourth-order valence-electron chi connectivity index (χ4n) is 2.01. The van der Waals surface area contributed by atoms with Crippen molar-refractivity contribution in [2.75, 3.05) is 0 Å². The topological polar surface area (TPSA) is 261 Å². The first-order valence-corrected chi connectivity index (χ1v) is 10.4. The number of hydrogen-bond acceptors (Lipinski definition) is 9. The first-order valence-electron chi connectivity index (χ1n) is 5.78. The van der Waals surface area contributed by atoms with E-state index in [2.05, 4.69) is 13.6 Å². The zero-order valence-corrected chi connectivity index (χ0v) is 14.0. The van der Waals surface area contributed by atoms with Crippen molar-refractivity contribution in [1.29, 1.82) is 0 Å². The van der Waals surface area contributed by atoms with Gasteiger partial charge in [-0.1, -0.05) is 0 Å². The summed E-state index contributed by atoms with van der Waals surface area (Å²) in [5, 5.41) is 29.3. The monoisotopic (exact) mass is 420 g/mol. The van der Waals surface area contributed by atoms with Gasteiger partial charge in [-0.15, -0.1) is 0 Å². The molecule has 1 aliphatic carbocycles. The zero-order valence-electron chi connectivity index (χ0n) is 11.3. The molecular weight excluding hydrogens is 405 g/mol. The summed E-state index contributed by atoms with van der Waals surface area (Å²) in [5.41, 5.74) is 0. The van der Waals surface area contributed by atoms with E-state index in [9.17, 15) is 29.0 Å². The molecule has 144 valence electrons. The lowest BCUT2D eigenvalue weighted by Crippen LogP contribution is -2.65. The van der Waals surface area contributed by atoms with Crippen molar-refractivity contribution in [3.8, 4) is 0 Å². The molecule has 0 amide bonds. The lowest BCUT2D eigenvalue weighted by Gasteiger charge is -2.44. The molecule has 0 spiro atoms. The maximum absolute atomic E-state index is 10.9. The molecule has 24 heavy (non-hydrogen) atoms. The Kier molecular flexibility index (Phi) is 6.90. The normalized spacial score (nSPS) is 35.9. The van der Waals surface area contributed by atoms with Crippen LogP contribution >= 0.6 is 23.5 Å².